The van der Waals surface area contributed by atoms with Crippen molar-refractivity contribution in [1.29, 1.82) is 0 Å². The van der Waals surface area contributed by atoms with Gasteiger partial charge in [0.2, 0.25) is 5.91 Å². The van der Waals surface area contributed by atoms with Gasteiger partial charge in [-0.15, -0.1) is 0 Å². The van der Waals surface area contributed by atoms with Crippen molar-refractivity contribution in [3.63, 3.8) is 0 Å². The van der Waals surface area contributed by atoms with Crippen LogP contribution in [0.15, 0.2) is 71.7 Å². The van der Waals surface area contributed by atoms with E-state index in [9.17, 15) is 4.79 Å². The average Bonchev–Trinajstić information content (AvgIpc) is 3.16. The van der Waals surface area contributed by atoms with E-state index in [0.29, 0.717) is 6.42 Å². The summed E-state index contributed by atoms with van der Waals surface area (Å²) in [5, 5.41) is 9.27. The summed E-state index contributed by atoms with van der Waals surface area (Å²) in [6.07, 6.45) is 4.08. The third-order valence-corrected chi connectivity index (χ3v) is 5.15. The highest BCUT2D eigenvalue weighted by Crippen LogP contribution is 2.29. The highest BCUT2D eigenvalue weighted by molar-refractivity contribution is 7.08. The molecule has 4 heteroatoms. The summed E-state index contributed by atoms with van der Waals surface area (Å²) in [4.78, 5) is 16.5. The number of nitrogens with one attached hydrogen (secondary N) is 1. The number of amides is 1. The number of aromatic nitrogens is 1. The van der Waals surface area contributed by atoms with Crippen LogP contribution in [0.4, 0.5) is 5.69 Å². The summed E-state index contributed by atoms with van der Waals surface area (Å²) in [6.45, 7) is 2.08. The number of anilines is 1. The molecule has 3 nitrogen and oxygen atoms in total. The predicted octanol–water partition coefficient (Wildman–Crippen LogP) is 5.45. The molecule has 0 atom stereocenters. The second kappa shape index (κ2) is 7.10. The fourth-order valence-electron chi connectivity index (χ4n) is 3.05. The van der Waals surface area contributed by atoms with Crippen LogP contribution in [0, 0.1) is 6.92 Å². The minimum absolute atomic E-state index is 0.000847. The minimum atomic E-state index is 0.000847. The van der Waals surface area contributed by atoms with Crippen molar-refractivity contribution >= 4 is 33.7 Å². The highest BCUT2D eigenvalue weighted by Gasteiger charge is 2.08. The molecule has 2 aromatic heterocycles. The molecular weight excluding hydrogens is 340 g/mol. The third kappa shape index (κ3) is 3.51. The second-order valence-electron chi connectivity index (χ2n) is 6.32. The van der Waals surface area contributed by atoms with Crippen LogP contribution in [-0.4, -0.2) is 10.9 Å². The van der Waals surface area contributed by atoms with Gasteiger partial charge in [0.25, 0.3) is 0 Å². The molecule has 0 aliphatic heterocycles. The largest absolute Gasteiger partial charge is 0.326 e. The lowest BCUT2D eigenvalue weighted by molar-refractivity contribution is -0.115. The first kappa shape index (κ1) is 16.5. The molecule has 26 heavy (non-hydrogen) atoms. The van der Waals surface area contributed by atoms with Gasteiger partial charge in [0.15, 0.2) is 0 Å². The molecule has 0 saturated heterocycles. The van der Waals surface area contributed by atoms with E-state index in [-0.39, 0.29) is 5.91 Å². The summed E-state index contributed by atoms with van der Waals surface area (Å²) in [7, 11) is 0. The Balaban J connectivity index is 1.62. The highest BCUT2D eigenvalue weighted by atomic mass is 32.1. The van der Waals surface area contributed by atoms with Gasteiger partial charge in [-0.3, -0.25) is 9.78 Å². The summed E-state index contributed by atoms with van der Waals surface area (Å²) in [5.74, 6) is 0.000847. The quantitative estimate of drug-likeness (QED) is 0.527. The van der Waals surface area contributed by atoms with E-state index in [1.54, 1.807) is 17.5 Å². The first-order valence-corrected chi connectivity index (χ1v) is 9.39. The van der Waals surface area contributed by atoms with Crippen LogP contribution in [-0.2, 0) is 11.2 Å². The summed E-state index contributed by atoms with van der Waals surface area (Å²) in [5.41, 5.74) is 5.27. The van der Waals surface area contributed by atoms with Crippen molar-refractivity contribution in [3.05, 3.63) is 82.8 Å². The Morgan fingerprint density at radius 2 is 2.00 bits per heavy atom. The molecule has 0 saturated carbocycles. The Morgan fingerprint density at radius 1 is 1.08 bits per heavy atom. The molecule has 1 amide bonds. The van der Waals surface area contributed by atoms with Crippen molar-refractivity contribution in [2.45, 2.75) is 13.3 Å². The zero-order chi connectivity index (χ0) is 17.9. The Kier molecular flexibility index (Phi) is 4.50. The SMILES string of the molecule is Cc1ccc(NC(=O)Cc2ccsc2)cc1-c1ccc2ccncc2c1. The molecule has 0 bridgehead atoms. The van der Waals surface area contributed by atoms with E-state index in [2.05, 4.69) is 35.4 Å². The molecule has 0 unspecified atom stereocenters. The first-order valence-electron chi connectivity index (χ1n) is 8.45. The summed E-state index contributed by atoms with van der Waals surface area (Å²) >= 11 is 1.61. The second-order valence-corrected chi connectivity index (χ2v) is 7.10. The van der Waals surface area contributed by atoms with Gasteiger partial charge in [-0.05, 0) is 75.7 Å². The smallest absolute Gasteiger partial charge is 0.228 e. The minimum Gasteiger partial charge on any atom is -0.326 e. The lowest BCUT2D eigenvalue weighted by Crippen LogP contribution is -2.14. The molecule has 0 spiro atoms. The average molecular weight is 358 g/mol. The first-order chi connectivity index (χ1) is 12.7. The van der Waals surface area contributed by atoms with Crippen molar-refractivity contribution in [3.8, 4) is 11.1 Å². The third-order valence-electron chi connectivity index (χ3n) is 4.42. The van der Waals surface area contributed by atoms with Gasteiger partial charge in [-0.2, -0.15) is 11.3 Å². The van der Waals surface area contributed by atoms with E-state index in [0.717, 1.165) is 27.8 Å². The fraction of sp³-hybridized carbons (Fsp3) is 0.0909. The van der Waals surface area contributed by atoms with Crippen molar-refractivity contribution in [2.24, 2.45) is 0 Å². The molecule has 2 aromatic carbocycles. The zero-order valence-electron chi connectivity index (χ0n) is 14.4. The number of carbonyl (C=O) groups excluding carboxylic acids is 1. The Morgan fingerprint density at radius 3 is 2.85 bits per heavy atom. The van der Waals surface area contributed by atoms with Gasteiger partial charge in [-0.1, -0.05) is 18.2 Å². The van der Waals surface area contributed by atoms with Crippen LogP contribution in [0.2, 0.25) is 0 Å². The number of rotatable bonds is 4. The molecular formula is C22H18N2OS. The lowest BCUT2D eigenvalue weighted by Gasteiger charge is -2.11. The van der Waals surface area contributed by atoms with Crippen molar-refractivity contribution in [2.75, 3.05) is 5.32 Å². The van der Waals surface area contributed by atoms with Gasteiger partial charge in [0.05, 0.1) is 6.42 Å². The summed E-state index contributed by atoms with van der Waals surface area (Å²) in [6, 6.07) is 16.4. The Hall–Kier alpha value is -2.98. The van der Waals surface area contributed by atoms with Gasteiger partial charge in [0.1, 0.15) is 0 Å². The maximum atomic E-state index is 12.3. The molecule has 128 valence electrons. The van der Waals surface area contributed by atoms with Crippen molar-refractivity contribution < 1.29 is 4.79 Å². The Labute approximate surface area is 156 Å². The standard InChI is InChI=1S/C22H18N2OS/c1-15-2-5-20(24-22(25)10-16-7-9-26-14-16)12-21(15)18-4-3-17-6-8-23-13-19(17)11-18/h2-9,11-14H,10H2,1H3,(H,24,25). The molecule has 4 rings (SSSR count). The molecule has 0 aliphatic carbocycles. The number of pyridine rings is 1. The molecule has 4 aromatic rings. The van der Waals surface area contributed by atoms with E-state index in [1.807, 2.05) is 47.3 Å². The monoisotopic (exact) mass is 358 g/mol. The Bertz CT molecular complexity index is 1070. The topological polar surface area (TPSA) is 42.0 Å². The van der Waals surface area contributed by atoms with E-state index >= 15 is 0 Å². The molecule has 2 heterocycles. The number of thiophene rings is 1. The number of carbonyl (C=O) groups is 1. The maximum Gasteiger partial charge on any atom is 0.228 e. The zero-order valence-corrected chi connectivity index (χ0v) is 15.2. The molecule has 0 fully saturated rings. The number of hydrogen-bond donors (Lipinski definition) is 1. The van der Waals surface area contributed by atoms with E-state index < -0.39 is 0 Å². The number of benzene rings is 2. The van der Waals surface area contributed by atoms with Crippen LogP contribution in [0.5, 0.6) is 0 Å². The van der Waals surface area contributed by atoms with E-state index in [4.69, 9.17) is 0 Å². The van der Waals surface area contributed by atoms with Crippen LogP contribution in [0.3, 0.4) is 0 Å². The molecule has 1 N–H and O–H groups in total. The fourth-order valence-corrected chi connectivity index (χ4v) is 3.72. The molecule has 0 radical (unpaired) electrons. The predicted molar refractivity (Wildman–Crippen MR) is 109 cm³/mol. The van der Waals surface area contributed by atoms with Crippen LogP contribution in [0.25, 0.3) is 21.9 Å². The van der Waals surface area contributed by atoms with Gasteiger partial charge >= 0.3 is 0 Å². The number of hydrogen-bond acceptors (Lipinski definition) is 3. The number of nitrogens with zero attached hydrogens (tertiary/aromatic N) is 1. The maximum absolute atomic E-state index is 12.3. The normalized spacial score (nSPS) is 10.8. The van der Waals surface area contributed by atoms with Crippen LogP contribution >= 0.6 is 11.3 Å². The van der Waals surface area contributed by atoms with Crippen LogP contribution < -0.4 is 5.32 Å². The lowest BCUT2D eigenvalue weighted by atomic mass is 9.98. The van der Waals surface area contributed by atoms with Gasteiger partial charge in [0, 0.05) is 23.5 Å². The van der Waals surface area contributed by atoms with Gasteiger partial charge in [-0.25, -0.2) is 0 Å². The van der Waals surface area contributed by atoms with E-state index in [1.165, 1.54) is 10.9 Å². The number of fused-ring (bicyclic) bond motifs is 1. The van der Waals surface area contributed by atoms with Gasteiger partial charge < -0.3 is 5.32 Å². The van der Waals surface area contributed by atoms with Crippen LogP contribution in [0.1, 0.15) is 11.1 Å². The molecule has 0 aliphatic rings. The number of aryl methyl sites for hydroxylation is 1. The summed E-state index contributed by atoms with van der Waals surface area (Å²) < 4.78 is 0. The van der Waals surface area contributed by atoms with Crippen molar-refractivity contribution in [1.82, 2.24) is 4.98 Å².